The van der Waals surface area contributed by atoms with E-state index in [2.05, 4.69) is 21.2 Å². The summed E-state index contributed by atoms with van der Waals surface area (Å²) in [5.41, 5.74) is 1.61. The molecule has 0 aliphatic heterocycles. The minimum Gasteiger partial charge on any atom is -0.345 e. The summed E-state index contributed by atoms with van der Waals surface area (Å²) in [7, 11) is 1.79. The van der Waals surface area contributed by atoms with Gasteiger partial charge in [0.05, 0.1) is 0 Å². The number of benzene rings is 1. The number of nitrogens with one attached hydrogen (secondary N) is 1. The van der Waals surface area contributed by atoms with Crippen molar-refractivity contribution in [2.75, 3.05) is 5.32 Å². The lowest BCUT2D eigenvalue weighted by Gasteiger charge is -2.07. The Hall–Kier alpha value is -1.62. The predicted molar refractivity (Wildman–Crippen MR) is 72.2 cm³/mol. The molecule has 3 nitrogen and oxygen atoms in total. The predicted octanol–water partition coefficient (Wildman–Crippen LogP) is 3.49. The molecule has 0 aliphatic rings. The molecule has 2 aromatic rings. The molecule has 5 heteroatoms. The summed E-state index contributed by atoms with van der Waals surface area (Å²) in [6.45, 7) is 1.66. The lowest BCUT2D eigenvalue weighted by Crippen LogP contribution is -2.15. The minimum atomic E-state index is -0.283. The maximum Gasteiger partial charge on any atom is 0.272 e. The van der Waals surface area contributed by atoms with Crippen molar-refractivity contribution in [3.05, 3.63) is 52.0 Å². The number of amides is 1. The maximum absolute atomic E-state index is 13.1. The van der Waals surface area contributed by atoms with Crippen LogP contribution in [0.5, 0.6) is 0 Å². The van der Waals surface area contributed by atoms with Crippen molar-refractivity contribution < 1.29 is 9.18 Å². The van der Waals surface area contributed by atoms with Gasteiger partial charge in [-0.1, -0.05) is 0 Å². The van der Waals surface area contributed by atoms with Gasteiger partial charge in [-0.25, -0.2) is 4.39 Å². The monoisotopic (exact) mass is 310 g/mol. The van der Waals surface area contributed by atoms with Crippen molar-refractivity contribution >= 4 is 27.5 Å². The second kappa shape index (κ2) is 4.94. The number of rotatable bonds is 2. The fraction of sp³-hybridized carbons (Fsp3) is 0.154. The van der Waals surface area contributed by atoms with Gasteiger partial charge in [0.15, 0.2) is 0 Å². The molecular weight excluding hydrogens is 299 g/mol. The molecule has 1 heterocycles. The number of aryl methyl sites for hydroxylation is 2. The normalized spacial score (nSPS) is 10.4. The molecule has 0 aliphatic carbocycles. The molecule has 1 amide bonds. The first-order valence-corrected chi connectivity index (χ1v) is 6.16. The highest BCUT2D eigenvalue weighted by molar-refractivity contribution is 9.10. The zero-order valence-electron chi connectivity index (χ0n) is 10.00. The molecule has 1 N–H and O–H groups in total. The zero-order chi connectivity index (χ0) is 13.3. The van der Waals surface area contributed by atoms with E-state index in [0.717, 1.165) is 4.47 Å². The largest absolute Gasteiger partial charge is 0.345 e. The van der Waals surface area contributed by atoms with Crippen LogP contribution in [0.15, 0.2) is 34.9 Å². The number of aromatic nitrogens is 1. The van der Waals surface area contributed by atoms with Crippen molar-refractivity contribution in [3.8, 4) is 0 Å². The van der Waals surface area contributed by atoms with Crippen molar-refractivity contribution in [2.24, 2.45) is 7.05 Å². The van der Waals surface area contributed by atoms with Crippen LogP contribution in [-0.4, -0.2) is 10.5 Å². The van der Waals surface area contributed by atoms with Gasteiger partial charge in [0, 0.05) is 23.4 Å². The number of nitrogens with zero attached hydrogens (tertiary/aromatic N) is 1. The van der Waals surface area contributed by atoms with E-state index in [9.17, 15) is 9.18 Å². The highest BCUT2D eigenvalue weighted by Crippen LogP contribution is 2.17. The van der Waals surface area contributed by atoms with E-state index in [-0.39, 0.29) is 11.7 Å². The van der Waals surface area contributed by atoms with E-state index in [1.165, 1.54) is 12.1 Å². The summed E-state index contributed by atoms with van der Waals surface area (Å²) in [6, 6.07) is 6.21. The summed E-state index contributed by atoms with van der Waals surface area (Å²) < 4.78 is 15.7. The first-order valence-electron chi connectivity index (χ1n) is 5.37. The molecule has 0 radical (unpaired) electrons. The molecule has 0 saturated carbocycles. The highest BCUT2D eigenvalue weighted by atomic mass is 79.9. The van der Waals surface area contributed by atoms with Crippen LogP contribution in [0.2, 0.25) is 0 Å². The van der Waals surface area contributed by atoms with Gasteiger partial charge in [-0.05, 0) is 52.7 Å². The Morgan fingerprint density at radius 1 is 1.39 bits per heavy atom. The van der Waals surface area contributed by atoms with Crippen molar-refractivity contribution in [1.82, 2.24) is 4.57 Å². The molecule has 2 rings (SSSR count). The number of halogens is 2. The lowest BCUT2D eigenvalue weighted by molar-refractivity contribution is 0.101. The van der Waals surface area contributed by atoms with Gasteiger partial charge in [0.2, 0.25) is 0 Å². The Morgan fingerprint density at radius 3 is 2.67 bits per heavy atom. The van der Waals surface area contributed by atoms with Gasteiger partial charge in [-0.3, -0.25) is 4.79 Å². The maximum atomic E-state index is 13.1. The van der Waals surface area contributed by atoms with Crippen LogP contribution in [0.1, 0.15) is 16.1 Å². The molecule has 0 spiro atoms. The second-order valence-electron chi connectivity index (χ2n) is 4.07. The van der Waals surface area contributed by atoms with E-state index in [4.69, 9.17) is 0 Å². The molecule has 0 unspecified atom stereocenters. The molecule has 0 bridgehead atoms. The molecular formula is C13H12BrFN2O. The molecule has 0 atom stereocenters. The average molecular weight is 311 g/mol. The summed E-state index contributed by atoms with van der Waals surface area (Å²) in [5, 5.41) is 2.73. The first-order chi connectivity index (χ1) is 8.47. The molecule has 1 aromatic carbocycles. The third-order valence-electron chi connectivity index (χ3n) is 2.62. The average Bonchev–Trinajstić information content (AvgIpc) is 2.63. The third-order valence-corrected chi connectivity index (χ3v) is 3.05. The van der Waals surface area contributed by atoms with Gasteiger partial charge in [0.25, 0.3) is 5.91 Å². The van der Waals surface area contributed by atoms with E-state index in [0.29, 0.717) is 16.9 Å². The fourth-order valence-electron chi connectivity index (χ4n) is 1.67. The summed E-state index contributed by atoms with van der Waals surface area (Å²) >= 11 is 3.31. The quantitative estimate of drug-likeness (QED) is 0.905. The van der Waals surface area contributed by atoms with E-state index < -0.39 is 0 Å². The molecule has 18 heavy (non-hydrogen) atoms. The SMILES string of the molecule is Cc1cc(NC(=O)c2cc(Br)cn2C)ccc1F. The standard InChI is InChI=1S/C13H12BrFN2O/c1-8-5-10(3-4-11(8)15)16-13(18)12-6-9(14)7-17(12)2/h3-7H,1-2H3,(H,16,18). The van der Waals surface area contributed by atoms with Crippen LogP contribution >= 0.6 is 15.9 Å². The fourth-order valence-corrected chi connectivity index (χ4v) is 2.19. The first kappa shape index (κ1) is 12.8. The van der Waals surface area contributed by atoms with Crippen LogP contribution < -0.4 is 5.32 Å². The Morgan fingerprint density at radius 2 is 2.11 bits per heavy atom. The topological polar surface area (TPSA) is 34.0 Å². The van der Waals surface area contributed by atoms with E-state index in [1.54, 1.807) is 36.9 Å². The highest BCUT2D eigenvalue weighted by Gasteiger charge is 2.11. The molecule has 94 valence electrons. The lowest BCUT2D eigenvalue weighted by atomic mass is 10.2. The van der Waals surface area contributed by atoms with Gasteiger partial charge in [-0.2, -0.15) is 0 Å². The Balaban J connectivity index is 2.21. The van der Waals surface area contributed by atoms with Crippen LogP contribution in [0, 0.1) is 12.7 Å². The van der Waals surface area contributed by atoms with E-state index >= 15 is 0 Å². The van der Waals surface area contributed by atoms with Gasteiger partial charge in [-0.15, -0.1) is 0 Å². The minimum absolute atomic E-state index is 0.228. The Labute approximate surface area is 113 Å². The zero-order valence-corrected chi connectivity index (χ0v) is 11.6. The molecule has 0 fully saturated rings. The molecule has 1 aromatic heterocycles. The summed E-state index contributed by atoms with van der Waals surface area (Å²) in [5.74, 6) is -0.510. The number of carbonyl (C=O) groups excluding carboxylic acids is 1. The van der Waals surface area contributed by atoms with Crippen LogP contribution in [-0.2, 0) is 7.05 Å². The molecule has 0 saturated heterocycles. The van der Waals surface area contributed by atoms with Crippen LogP contribution in [0.25, 0.3) is 0 Å². The smallest absolute Gasteiger partial charge is 0.272 e. The summed E-state index contributed by atoms with van der Waals surface area (Å²) in [4.78, 5) is 12.0. The Bertz CT molecular complexity index is 607. The second-order valence-corrected chi connectivity index (χ2v) is 4.99. The van der Waals surface area contributed by atoms with Crippen LogP contribution in [0.4, 0.5) is 10.1 Å². The van der Waals surface area contributed by atoms with Gasteiger partial charge < -0.3 is 9.88 Å². The number of hydrogen-bond donors (Lipinski definition) is 1. The van der Waals surface area contributed by atoms with Crippen LogP contribution in [0.3, 0.4) is 0 Å². The van der Waals surface area contributed by atoms with Gasteiger partial charge in [0.1, 0.15) is 11.5 Å². The third kappa shape index (κ3) is 2.61. The Kier molecular flexibility index (Phi) is 3.52. The number of hydrogen-bond acceptors (Lipinski definition) is 1. The van der Waals surface area contributed by atoms with Crippen molar-refractivity contribution in [2.45, 2.75) is 6.92 Å². The summed E-state index contributed by atoms with van der Waals surface area (Å²) in [6.07, 6.45) is 1.80. The van der Waals surface area contributed by atoms with E-state index in [1.807, 2.05) is 0 Å². The van der Waals surface area contributed by atoms with Crippen molar-refractivity contribution in [3.63, 3.8) is 0 Å². The van der Waals surface area contributed by atoms with Gasteiger partial charge >= 0.3 is 0 Å². The number of carbonyl (C=O) groups is 1. The number of anilines is 1. The van der Waals surface area contributed by atoms with Crippen molar-refractivity contribution in [1.29, 1.82) is 0 Å².